The van der Waals surface area contributed by atoms with Crippen LogP contribution in [0.25, 0.3) is 0 Å². The molecule has 2 aliphatic rings. The molecule has 0 spiro atoms. The third-order valence-corrected chi connectivity index (χ3v) is 7.49. The molecule has 2 rings (SSSR count). The van der Waals surface area contributed by atoms with Crippen molar-refractivity contribution in [3.63, 3.8) is 0 Å². The van der Waals surface area contributed by atoms with Crippen molar-refractivity contribution in [2.24, 2.45) is 11.8 Å². The van der Waals surface area contributed by atoms with Gasteiger partial charge in [0.15, 0.2) is 9.84 Å². The number of allylic oxidation sites excluding steroid dienone is 2. The van der Waals surface area contributed by atoms with E-state index in [0.717, 1.165) is 51.4 Å². The smallest absolute Gasteiger partial charge is 0.303 e. The van der Waals surface area contributed by atoms with Crippen LogP contribution in [-0.2, 0) is 19.4 Å². The van der Waals surface area contributed by atoms with Gasteiger partial charge in [0.05, 0.1) is 23.7 Å². The first-order valence-electron chi connectivity index (χ1n) is 10.2. The molecule has 2 saturated heterocycles. The molecule has 0 aromatic carbocycles. The second-order valence-electron chi connectivity index (χ2n) is 7.79. The van der Waals surface area contributed by atoms with Crippen LogP contribution in [0.1, 0.15) is 71.1 Å². The maximum atomic E-state index is 12.5. The molecule has 0 aromatic rings. The fourth-order valence-electron chi connectivity index (χ4n) is 4.30. The van der Waals surface area contributed by atoms with E-state index in [1.165, 1.54) is 0 Å². The molecule has 1 N–H and O–H groups in total. The minimum atomic E-state index is -3.02. The molecule has 0 saturated carbocycles. The van der Waals surface area contributed by atoms with Crippen LogP contribution in [0.2, 0.25) is 0 Å². The molecule has 2 heterocycles. The van der Waals surface area contributed by atoms with Gasteiger partial charge in [-0.05, 0) is 44.4 Å². The van der Waals surface area contributed by atoms with Gasteiger partial charge < -0.3 is 9.84 Å². The van der Waals surface area contributed by atoms with Gasteiger partial charge in [0.2, 0.25) is 0 Å². The number of unbranched alkanes of at least 4 members (excludes halogenated alkanes) is 4. The van der Waals surface area contributed by atoms with Gasteiger partial charge in [-0.3, -0.25) is 4.79 Å². The third-order valence-electron chi connectivity index (χ3n) is 5.68. The summed E-state index contributed by atoms with van der Waals surface area (Å²) in [5.74, 6) is 0.212. The first kappa shape index (κ1) is 21.4. The fourth-order valence-corrected chi connectivity index (χ4v) is 6.15. The molecule has 2 aliphatic heterocycles. The van der Waals surface area contributed by atoms with E-state index in [1.807, 2.05) is 6.08 Å². The first-order chi connectivity index (χ1) is 12.4. The summed E-state index contributed by atoms with van der Waals surface area (Å²) in [6.45, 7) is 2.13. The molecule has 0 aromatic heterocycles. The number of fused-ring (bicyclic) bond motifs is 2. The van der Waals surface area contributed by atoms with E-state index in [9.17, 15) is 13.2 Å². The van der Waals surface area contributed by atoms with Gasteiger partial charge in [0.1, 0.15) is 0 Å². The predicted octanol–water partition coefficient (Wildman–Crippen LogP) is 3.98. The van der Waals surface area contributed by atoms with Crippen molar-refractivity contribution >= 4 is 15.8 Å². The lowest BCUT2D eigenvalue weighted by atomic mass is 9.78. The predicted molar refractivity (Wildman–Crippen MR) is 103 cm³/mol. The van der Waals surface area contributed by atoms with Gasteiger partial charge in [-0.2, -0.15) is 0 Å². The summed E-state index contributed by atoms with van der Waals surface area (Å²) >= 11 is 0. The lowest BCUT2D eigenvalue weighted by Crippen LogP contribution is -2.33. The Morgan fingerprint density at radius 2 is 1.81 bits per heavy atom. The van der Waals surface area contributed by atoms with E-state index < -0.39 is 15.8 Å². The van der Waals surface area contributed by atoms with Crippen LogP contribution >= 0.6 is 0 Å². The summed E-state index contributed by atoms with van der Waals surface area (Å²) in [7, 11) is -3.02. The maximum Gasteiger partial charge on any atom is 0.303 e. The van der Waals surface area contributed by atoms with Crippen molar-refractivity contribution in [3.8, 4) is 0 Å². The van der Waals surface area contributed by atoms with Crippen molar-refractivity contribution in [1.29, 1.82) is 0 Å². The topological polar surface area (TPSA) is 80.7 Å². The van der Waals surface area contributed by atoms with E-state index >= 15 is 0 Å². The molecule has 0 amide bonds. The summed E-state index contributed by atoms with van der Waals surface area (Å²) in [5, 5.41) is 8.65. The summed E-state index contributed by atoms with van der Waals surface area (Å²) < 4.78 is 31.1. The van der Waals surface area contributed by atoms with Crippen molar-refractivity contribution < 1.29 is 23.1 Å². The van der Waals surface area contributed by atoms with Crippen LogP contribution in [-0.4, -0.2) is 43.2 Å². The second-order valence-corrected chi connectivity index (χ2v) is 10.0. The van der Waals surface area contributed by atoms with Gasteiger partial charge in [0.25, 0.3) is 0 Å². The molecular formula is C20H34O5S. The number of rotatable bonds is 13. The molecule has 150 valence electrons. The van der Waals surface area contributed by atoms with E-state index in [-0.39, 0.29) is 36.2 Å². The van der Waals surface area contributed by atoms with E-state index in [2.05, 4.69) is 13.0 Å². The highest BCUT2D eigenvalue weighted by atomic mass is 32.2. The lowest BCUT2D eigenvalue weighted by Gasteiger charge is -2.27. The normalized spacial score (nSPS) is 28.2. The number of carboxylic acid groups (broad SMARTS) is 1. The highest BCUT2D eigenvalue weighted by molar-refractivity contribution is 7.91. The molecule has 6 heteroatoms. The van der Waals surface area contributed by atoms with Crippen LogP contribution in [0.5, 0.6) is 0 Å². The quantitative estimate of drug-likeness (QED) is 0.382. The Morgan fingerprint density at radius 3 is 2.50 bits per heavy atom. The van der Waals surface area contributed by atoms with Crippen LogP contribution in [0.4, 0.5) is 0 Å². The van der Waals surface area contributed by atoms with E-state index in [4.69, 9.17) is 9.84 Å². The number of hydrogen-bond donors (Lipinski definition) is 1. The number of sulfone groups is 1. The van der Waals surface area contributed by atoms with Crippen molar-refractivity contribution in [2.75, 3.05) is 11.5 Å². The summed E-state index contributed by atoms with van der Waals surface area (Å²) in [6.07, 6.45) is 12.9. The Hall–Kier alpha value is -0.880. The minimum Gasteiger partial charge on any atom is -0.481 e. The summed E-state index contributed by atoms with van der Waals surface area (Å²) in [5.41, 5.74) is 0. The average molecular weight is 387 g/mol. The van der Waals surface area contributed by atoms with Crippen molar-refractivity contribution in [2.45, 2.75) is 83.3 Å². The molecular weight excluding hydrogens is 352 g/mol. The lowest BCUT2D eigenvalue weighted by molar-refractivity contribution is -0.137. The standard InChI is InChI=1S/C20H34O5S/c1-2-3-4-9-14-26(23,24)15-17-16(18-12-13-19(17)25-18)10-7-5-6-8-11-20(21)22/h5,7,16-19H,2-4,6,8-15H2,1H3,(H,21,22)/t16-,17+,18-,19+/m0/s1. The van der Waals surface area contributed by atoms with Gasteiger partial charge in [0, 0.05) is 12.3 Å². The van der Waals surface area contributed by atoms with Crippen LogP contribution < -0.4 is 0 Å². The Morgan fingerprint density at radius 1 is 1.08 bits per heavy atom. The number of carboxylic acids is 1. The SMILES string of the molecule is CCCCCCS(=O)(=O)C[C@@H]1[C@H](CC=CCCCC(=O)O)[C@@H]2CC[C@H]1O2. The Balaban J connectivity index is 1.82. The van der Waals surface area contributed by atoms with Crippen molar-refractivity contribution in [3.05, 3.63) is 12.2 Å². The number of hydrogen-bond acceptors (Lipinski definition) is 4. The van der Waals surface area contributed by atoms with Crippen LogP contribution in [0.15, 0.2) is 12.2 Å². The van der Waals surface area contributed by atoms with Crippen LogP contribution in [0.3, 0.4) is 0 Å². The van der Waals surface area contributed by atoms with Crippen molar-refractivity contribution in [1.82, 2.24) is 0 Å². The van der Waals surface area contributed by atoms with E-state index in [0.29, 0.717) is 12.2 Å². The monoisotopic (exact) mass is 386 g/mol. The average Bonchev–Trinajstić information content (AvgIpc) is 3.16. The Bertz CT molecular complexity index is 569. The molecule has 0 aliphatic carbocycles. The highest BCUT2D eigenvalue weighted by Gasteiger charge is 2.49. The van der Waals surface area contributed by atoms with E-state index in [1.54, 1.807) is 0 Å². The second kappa shape index (κ2) is 10.5. The van der Waals surface area contributed by atoms with Gasteiger partial charge in [-0.15, -0.1) is 0 Å². The highest BCUT2D eigenvalue weighted by Crippen LogP contribution is 2.45. The van der Waals surface area contributed by atoms with Gasteiger partial charge >= 0.3 is 5.97 Å². The zero-order valence-electron chi connectivity index (χ0n) is 15.9. The first-order valence-corrected chi connectivity index (χ1v) is 12.0. The van der Waals surface area contributed by atoms with Gasteiger partial charge in [-0.1, -0.05) is 38.3 Å². The van der Waals surface area contributed by atoms with Crippen LogP contribution in [0, 0.1) is 11.8 Å². The zero-order valence-corrected chi connectivity index (χ0v) is 16.8. The molecule has 2 fully saturated rings. The third kappa shape index (κ3) is 6.69. The molecule has 2 bridgehead atoms. The number of ether oxygens (including phenoxy) is 1. The minimum absolute atomic E-state index is 0.107. The molecule has 4 atom stereocenters. The Kier molecular flexibility index (Phi) is 8.61. The number of aliphatic carboxylic acids is 1. The molecule has 5 nitrogen and oxygen atoms in total. The fraction of sp³-hybridized carbons (Fsp3) is 0.850. The maximum absolute atomic E-state index is 12.5. The largest absolute Gasteiger partial charge is 0.481 e. The number of carbonyl (C=O) groups is 1. The summed E-state index contributed by atoms with van der Waals surface area (Å²) in [6, 6.07) is 0. The summed E-state index contributed by atoms with van der Waals surface area (Å²) in [4.78, 5) is 10.5. The Labute approximate surface area is 158 Å². The zero-order chi connectivity index (χ0) is 19.0. The van der Waals surface area contributed by atoms with Gasteiger partial charge in [-0.25, -0.2) is 8.42 Å². The molecule has 0 unspecified atom stereocenters. The molecule has 0 radical (unpaired) electrons. The molecule has 26 heavy (non-hydrogen) atoms.